The number of ether oxygens (including phenoxy) is 2. The zero-order valence-corrected chi connectivity index (χ0v) is 11.9. The molecular formula is C15H22N2O2. The lowest BCUT2D eigenvalue weighted by Crippen LogP contribution is -2.35. The molecule has 1 aromatic rings. The van der Waals surface area contributed by atoms with E-state index in [0.29, 0.717) is 19.1 Å². The Kier molecular flexibility index (Phi) is 6.94. The second kappa shape index (κ2) is 8.52. The Morgan fingerprint density at radius 2 is 2.00 bits per heavy atom. The summed E-state index contributed by atoms with van der Waals surface area (Å²) in [6.07, 6.45) is 0.442. The number of nitriles is 1. The summed E-state index contributed by atoms with van der Waals surface area (Å²) < 4.78 is 10.8. The van der Waals surface area contributed by atoms with Crippen LogP contribution < -0.4 is 4.74 Å². The van der Waals surface area contributed by atoms with Gasteiger partial charge < -0.3 is 9.47 Å². The van der Waals surface area contributed by atoms with Gasteiger partial charge >= 0.3 is 0 Å². The van der Waals surface area contributed by atoms with Gasteiger partial charge in [-0.05, 0) is 31.7 Å². The van der Waals surface area contributed by atoms with Gasteiger partial charge in [0.2, 0.25) is 0 Å². The lowest BCUT2D eigenvalue weighted by molar-refractivity contribution is 0.105. The molecule has 0 aliphatic heterocycles. The minimum atomic E-state index is 0.381. The van der Waals surface area contributed by atoms with Gasteiger partial charge in [-0.3, -0.25) is 4.90 Å². The molecule has 1 rings (SSSR count). The Morgan fingerprint density at radius 1 is 1.32 bits per heavy atom. The van der Waals surface area contributed by atoms with Gasteiger partial charge in [-0.2, -0.15) is 5.26 Å². The molecule has 4 heteroatoms. The van der Waals surface area contributed by atoms with E-state index in [2.05, 4.69) is 24.9 Å². The highest BCUT2D eigenvalue weighted by atomic mass is 16.5. The number of benzene rings is 1. The molecule has 1 atom stereocenters. The van der Waals surface area contributed by atoms with Crippen LogP contribution in [0.25, 0.3) is 0 Å². The minimum absolute atomic E-state index is 0.381. The molecule has 0 fully saturated rings. The maximum atomic E-state index is 8.59. The molecule has 0 heterocycles. The molecule has 0 aliphatic carbocycles. The van der Waals surface area contributed by atoms with E-state index in [9.17, 15) is 0 Å². The van der Waals surface area contributed by atoms with E-state index >= 15 is 0 Å². The number of likely N-dealkylation sites (N-methyl/N-ethyl adjacent to an activating group) is 1. The van der Waals surface area contributed by atoms with Gasteiger partial charge in [0.25, 0.3) is 0 Å². The van der Waals surface area contributed by atoms with E-state index in [1.54, 1.807) is 7.11 Å². The molecule has 0 bridgehead atoms. The summed E-state index contributed by atoms with van der Waals surface area (Å²) in [5.41, 5.74) is 1.01. The van der Waals surface area contributed by atoms with Crippen molar-refractivity contribution in [2.24, 2.45) is 0 Å². The smallest absolute Gasteiger partial charge is 0.119 e. The third-order valence-corrected chi connectivity index (χ3v) is 3.08. The Bertz CT molecular complexity index is 398. The first-order valence-electron chi connectivity index (χ1n) is 6.45. The average Bonchev–Trinajstić information content (AvgIpc) is 2.41. The molecular weight excluding hydrogens is 240 g/mol. The molecule has 0 saturated carbocycles. The second-order valence-electron chi connectivity index (χ2n) is 4.61. The largest absolute Gasteiger partial charge is 0.492 e. The summed E-state index contributed by atoms with van der Waals surface area (Å²) in [5.74, 6) is 0.842. The van der Waals surface area contributed by atoms with Gasteiger partial charge in [-0.1, -0.05) is 12.1 Å². The van der Waals surface area contributed by atoms with Crippen LogP contribution in [0.2, 0.25) is 0 Å². The van der Waals surface area contributed by atoms with E-state index < -0.39 is 0 Å². The van der Waals surface area contributed by atoms with Crippen LogP contribution in [-0.4, -0.2) is 44.9 Å². The number of rotatable bonds is 8. The molecule has 19 heavy (non-hydrogen) atoms. The van der Waals surface area contributed by atoms with Gasteiger partial charge in [-0.15, -0.1) is 0 Å². The standard InChI is InChI=1S/C15H22N2O2/c1-13(12-18-3)17(2)10-11-19-15-6-4-14(5-7-15)8-9-16/h4-7,13H,8,10-12H2,1-3H3. The zero-order chi connectivity index (χ0) is 14.1. The Morgan fingerprint density at radius 3 is 2.58 bits per heavy atom. The second-order valence-corrected chi connectivity index (χ2v) is 4.61. The lowest BCUT2D eigenvalue weighted by atomic mass is 10.2. The van der Waals surface area contributed by atoms with Gasteiger partial charge in [0.15, 0.2) is 0 Å². The first-order chi connectivity index (χ1) is 9.17. The van der Waals surface area contributed by atoms with Crippen LogP contribution in [-0.2, 0) is 11.2 Å². The first kappa shape index (κ1) is 15.5. The van der Waals surface area contributed by atoms with E-state index in [1.165, 1.54) is 0 Å². The maximum Gasteiger partial charge on any atom is 0.119 e. The highest BCUT2D eigenvalue weighted by molar-refractivity contribution is 5.28. The van der Waals surface area contributed by atoms with Gasteiger partial charge in [0.1, 0.15) is 12.4 Å². The van der Waals surface area contributed by atoms with Gasteiger partial charge in [-0.25, -0.2) is 0 Å². The fourth-order valence-corrected chi connectivity index (χ4v) is 1.69. The SMILES string of the molecule is COCC(C)N(C)CCOc1ccc(CC#N)cc1. The fourth-order valence-electron chi connectivity index (χ4n) is 1.69. The van der Waals surface area contributed by atoms with Crippen LogP contribution >= 0.6 is 0 Å². The van der Waals surface area contributed by atoms with Crippen LogP contribution in [0, 0.1) is 11.3 Å². The Hall–Kier alpha value is -1.57. The molecule has 104 valence electrons. The molecule has 0 spiro atoms. The summed E-state index contributed by atoms with van der Waals surface area (Å²) in [6, 6.07) is 10.2. The Labute approximate surface area is 115 Å². The molecule has 0 amide bonds. The summed E-state index contributed by atoms with van der Waals surface area (Å²) in [5, 5.41) is 8.59. The van der Waals surface area contributed by atoms with Crippen LogP contribution in [0.5, 0.6) is 5.75 Å². The molecule has 4 nitrogen and oxygen atoms in total. The van der Waals surface area contributed by atoms with E-state index in [4.69, 9.17) is 14.7 Å². The van der Waals surface area contributed by atoms with Crippen molar-refractivity contribution in [3.05, 3.63) is 29.8 Å². The molecule has 1 aromatic carbocycles. The maximum absolute atomic E-state index is 8.59. The third kappa shape index (κ3) is 5.73. The molecule has 1 unspecified atom stereocenters. The quantitative estimate of drug-likeness (QED) is 0.719. The number of methoxy groups -OCH3 is 1. The zero-order valence-electron chi connectivity index (χ0n) is 11.9. The van der Waals surface area contributed by atoms with Crippen molar-refractivity contribution in [3.8, 4) is 11.8 Å². The summed E-state index contributed by atoms with van der Waals surface area (Å²) in [4.78, 5) is 2.20. The minimum Gasteiger partial charge on any atom is -0.492 e. The Balaban J connectivity index is 2.31. The van der Waals surface area contributed by atoms with Crippen LogP contribution in [0.1, 0.15) is 12.5 Å². The topological polar surface area (TPSA) is 45.5 Å². The predicted molar refractivity (Wildman–Crippen MR) is 75.2 cm³/mol. The average molecular weight is 262 g/mol. The van der Waals surface area contributed by atoms with Gasteiger partial charge in [0.05, 0.1) is 19.1 Å². The van der Waals surface area contributed by atoms with Crippen molar-refractivity contribution in [1.29, 1.82) is 5.26 Å². The summed E-state index contributed by atoms with van der Waals surface area (Å²) in [6.45, 7) is 4.34. The highest BCUT2D eigenvalue weighted by Gasteiger charge is 2.08. The molecule has 0 aromatic heterocycles. The van der Waals surface area contributed by atoms with Crippen LogP contribution in [0.15, 0.2) is 24.3 Å². The molecule has 0 radical (unpaired) electrons. The van der Waals surface area contributed by atoms with Crippen molar-refractivity contribution in [2.45, 2.75) is 19.4 Å². The van der Waals surface area contributed by atoms with Crippen LogP contribution in [0.4, 0.5) is 0 Å². The number of nitrogens with zero attached hydrogens (tertiary/aromatic N) is 2. The molecule has 0 saturated heterocycles. The van der Waals surface area contributed by atoms with Crippen molar-refractivity contribution in [2.75, 3.05) is 33.9 Å². The number of hydrogen-bond donors (Lipinski definition) is 0. The van der Waals surface area contributed by atoms with Crippen molar-refractivity contribution < 1.29 is 9.47 Å². The predicted octanol–water partition coefficient (Wildman–Crippen LogP) is 2.10. The van der Waals surface area contributed by atoms with E-state index in [-0.39, 0.29) is 0 Å². The van der Waals surface area contributed by atoms with E-state index in [0.717, 1.165) is 24.5 Å². The summed E-state index contributed by atoms with van der Waals surface area (Å²) >= 11 is 0. The van der Waals surface area contributed by atoms with Crippen molar-refractivity contribution in [1.82, 2.24) is 4.90 Å². The van der Waals surface area contributed by atoms with E-state index in [1.807, 2.05) is 24.3 Å². The van der Waals surface area contributed by atoms with Gasteiger partial charge in [0, 0.05) is 19.7 Å². The van der Waals surface area contributed by atoms with Crippen molar-refractivity contribution in [3.63, 3.8) is 0 Å². The lowest BCUT2D eigenvalue weighted by Gasteiger charge is -2.23. The van der Waals surface area contributed by atoms with Crippen molar-refractivity contribution >= 4 is 0 Å². The first-order valence-corrected chi connectivity index (χ1v) is 6.45. The molecule has 0 aliphatic rings. The normalized spacial score (nSPS) is 12.2. The fraction of sp³-hybridized carbons (Fsp3) is 0.533. The highest BCUT2D eigenvalue weighted by Crippen LogP contribution is 2.12. The third-order valence-electron chi connectivity index (χ3n) is 3.08. The summed E-state index contributed by atoms with van der Waals surface area (Å²) in [7, 11) is 3.77. The number of hydrogen-bond acceptors (Lipinski definition) is 4. The molecule has 0 N–H and O–H groups in total. The monoisotopic (exact) mass is 262 g/mol. The van der Waals surface area contributed by atoms with Crippen LogP contribution in [0.3, 0.4) is 0 Å².